The predicted octanol–water partition coefficient (Wildman–Crippen LogP) is 3.41. The molecule has 3 heterocycles. The van der Waals surface area contributed by atoms with E-state index in [-0.39, 0.29) is 17.4 Å². The van der Waals surface area contributed by atoms with Gasteiger partial charge in [-0.15, -0.1) is 0 Å². The number of rotatable bonds is 6. The van der Waals surface area contributed by atoms with Gasteiger partial charge in [-0.25, -0.2) is 4.79 Å². The minimum Gasteiger partial charge on any atom is -0.478 e. The number of carbonyl (C=O) groups excluding carboxylic acids is 2. The van der Waals surface area contributed by atoms with E-state index in [4.69, 9.17) is 0 Å². The lowest BCUT2D eigenvalue weighted by atomic mass is 9.98. The van der Waals surface area contributed by atoms with Crippen LogP contribution in [0, 0.1) is 0 Å². The Hall–Kier alpha value is -4.47. The maximum atomic E-state index is 13.2. The number of nitrogens with one attached hydrogen (secondary N) is 2. The van der Waals surface area contributed by atoms with Crippen molar-refractivity contribution < 1.29 is 19.5 Å². The van der Waals surface area contributed by atoms with Crippen molar-refractivity contribution in [3.05, 3.63) is 94.5 Å². The Kier molecular flexibility index (Phi) is 6.83. The topological polar surface area (TPSA) is 105 Å². The standard InChI is InChI=1S/C31H31N5O4/c1-34-11-13-35(14-12-34)19-27(37)36-17-22-7-9-24(15-23(22)18-36)32-29(20-5-3-2-4-6-20)28-25-10-8-21(31(39)40)16-26(25)33-30(28)38/h2-10,15-16,32H,11-14,17-19H2,1H3,(H,33,38)(H,39,40)/b29-28-. The van der Waals surface area contributed by atoms with Gasteiger partial charge >= 0.3 is 5.97 Å². The van der Waals surface area contributed by atoms with Crippen LogP contribution in [0.2, 0.25) is 0 Å². The van der Waals surface area contributed by atoms with Crippen molar-refractivity contribution in [3.63, 3.8) is 0 Å². The molecule has 2 amide bonds. The van der Waals surface area contributed by atoms with Crippen LogP contribution in [0.1, 0.15) is 32.6 Å². The molecule has 0 unspecified atom stereocenters. The van der Waals surface area contributed by atoms with Gasteiger partial charge in [0.1, 0.15) is 0 Å². The molecule has 1 fully saturated rings. The number of fused-ring (bicyclic) bond motifs is 2. The molecular weight excluding hydrogens is 506 g/mol. The van der Waals surface area contributed by atoms with Gasteiger partial charge in [-0.05, 0) is 48.0 Å². The summed E-state index contributed by atoms with van der Waals surface area (Å²) in [5, 5.41) is 15.7. The largest absolute Gasteiger partial charge is 0.478 e. The summed E-state index contributed by atoms with van der Waals surface area (Å²) in [6.07, 6.45) is 0. The molecule has 6 rings (SSSR count). The highest BCUT2D eigenvalue weighted by atomic mass is 16.4. The first-order valence-corrected chi connectivity index (χ1v) is 13.4. The molecule has 3 aliphatic rings. The van der Waals surface area contributed by atoms with Crippen LogP contribution in [-0.4, -0.2) is 77.4 Å². The molecule has 3 N–H and O–H groups in total. The molecule has 1 saturated heterocycles. The maximum Gasteiger partial charge on any atom is 0.335 e. The highest BCUT2D eigenvalue weighted by Crippen LogP contribution is 2.38. The van der Waals surface area contributed by atoms with Crippen molar-refractivity contribution in [2.24, 2.45) is 0 Å². The van der Waals surface area contributed by atoms with Crippen LogP contribution < -0.4 is 10.6 Å². The molecule has 0 bridgehead atoms. The first-order valence-electron chi connectivity index (χ1n) is 13.4. The SMILES string of the molecule is CN1CCN(CC(=O)N2Cc3ccc(N/C(=C4\C(=O)Nc5cc(C(=O)O)ccc54)c4ccccc4)cc3C2)CC1. The molecule has 0 atom stereocenters. The molecule has 0 aliphatic carbocycles. The number of hydrogen-bond acceptors (Lipinski definition) is 6. The molecular formula is C31H31N5O4. The third-order valence-electron chi connectivity index (χ3n) is 7.83. The summed E-state index contributed by atoms with van der Waals surface area (Å²) >= 11 is 0. The summed E-state index contributed by atoms with van der Waals surface area (Å²) in [6.45, 7) is 5.35. The number of benzene rings is 3. The van der Waals surface area contributed by atoms with Crippen LogP contribution in [0.25, 0.3) is 11.3 Å². The summed E-state index contributed by atoms with van der Waals surface area (Å²) in [5.74, 6) is -1.21. The van der Waals surface area contributed by atoms with Gasteiger partial charge in [-0.2, -0.15) is 0 Å². The molecule has 9 nitrogen and oxygen atoms in total. The number of nitrogens with zero attached hydrogens (tertiary/aromatic N) is 3. The van der Waals surface area contributed by atoms with E-state index in [2.05, 4.69) is 27.5 Å². The van der Waals surface area contributed by atoms with Crippen molar-refractivity contribution in [2.75, 3.05) is 50.4 Å². The second-order valence-corrected chi connectivity index (χ2v) is 10.6. The predicted molar refractivity (Wildman–Crippen MR) is 154 cm³/mol. The van der Waals surface area contributed by atoms with Gasteiger partial charge in [0.2, 0.25) is 5.91 Å². The lowest BCUT2D eigenvalue weighted by Gasteiger charge is -2.32. The molecule has 0 radical (unpaired) electrons. The van der Waals surface area contributed by atoms with Crippen molar-refractivity contribution in [3.8, 4) is 0 Å². The zero-order valence-corrected chi connectivity index (χ0v) is 22.3. The Morgan fingerprint density at radius 2 is 1.65 bits per heavy atom. The Balaban J connectivity index is 1.26. The number of anilines is 2. The fraction of sp³-hybridized carbons (Fsp3) is 0.258. The number of amides is 2. The highest BCUT2D eigenvalue weighted by molar-refractivity contribution is 6.37. The number of aromatic carboxylic acids is 1. The number of piperazine rings is 1. The summed E-state index contributed by atoms with van der Waals surface area (Å²) < 4.78 is 0. The van der Waals surface area contributed by atoms with Crippen LogP contribution in [0.3, 0.4) is 0 Å². The van der Waals surface area contributed by atoms with Gasteiger partial charge in [-0.3, -0.25) is 14.5 Å². The van der Waals surface area contributed by atoms with Gasteiger partial charge in [-0.1, -0.05) is 42.5 Å². The minimum absolute atomic E-state index is 0.111. The van der Waals surface area contributed by atoms with E-state index in [0.717, 1.165) is 48.6 Å². The monoisotopic (exact) mass is 537 g/mol. The number of carbonyl (C=O) groups is 3. The Bertz CT molecular complexity index is 1530. The molecule has 3 aromatic rings. The van der Waals surface area contributed by atoms with Crippen LogP contribution in [0.15, 0.2) is 66.7 Å². The van der Waals surface area contributed by atoms with Crippen molar-refractivity contribution in [1.29, 1.82) is 0 Å². The fourth-order valence-electron chi connectivity index (χ4n) is 5.53. The van der Waals surface area contributed by atoms with E-state index in [9.17, 15) is 19.5 Å². The van der Waals surface area contributed by atoms with E-state index in [1.165, 1.54) is 12.1 Å². The van der Waals surface area contributed by atoms with Gasteiger partial charge in [0, 0.05) is 50.5 Å². The van der Waals surface area contributed by atoms with Crippen molar-refractivity contribution >= 4 is 40.4 Å². The van der Waals surface area contributed by atoms with Crippen molar-refractivity contribution in [2.45, 2.75) is 13.1 Å². The second-order valence-electron chi connectivity index (χ2n) is 10.6. The number of carboxylic acids is 1. The van der Waals surface area contributed by atoms with Gasteiger partial charge < -0.3 is 25.5 Å². The van der Waals surface area contributed by atoms with Crippen LogP contribution >= 0.6 is 0 Å². The summed E-state index contributed by atoms with van der Waals surface area (Å²) in [4.78, 5) is 44.1. The molecule has 40 heavy (non-hydrogen) atoms. The first-order chi connectivity index (χ1) is 19.4. The fourth-order valence-corrected chi connectivity index (χ4v) is 5.53. The Labute approximate surface area is 232 Å². The average molecular weight is 538 g/mol. The molecule has 3 aliphatic heterocycles. The maximum absolute atomic E-state index is 13.2. The van der Waals surface area contributed by atoms with Crippen LogP contribution in [-0.2, 0) is 22.7 Å². The van der Waals surface area contributed by atoms with Crippen LogP contribution in [0.5, 0.6) is 0 Å². The van der Waals surface area contributed by atoms with E-state index in [1.807, 2.05) is 53.4 Å². The van der Waals surface area contributed by atoms with E-state index >= 15 is 0 Å². The number of carboxylic acid groups (broad SMARTS) is 1. The summed E-state index contributed by atoms with van der Waals surface area (Å²) in [7, 11) is 2.11. The number of hydrogen-bond donors (Lipinski definition) is 3. The lowest BCUT2D eigenvalue weighted by Crippen LogP contribution is -2.48. The molecule has 0 spiro atoms. The summed E-state index contributed by atoms with van der Waals surface area (Å²) in [5.41, 5.74) is 6.13. The Morgan fingerprint density at radius 1 is 0.900 bits per heavy atom. The zero-order valence-electron chi connectivity index (χ0n) is 22.3. The molecule has 204 valence electrons. The third-order valence-corrected chi connectivity index (χ3v) is 7.83. The Morgan fingerprint density at radius 3 is 2.40 bits per heavy atom. The van der Waals surface area contributed by atoms with E-state index < -0.39 is 5.97 Å². The van der Waals surface area contributed by atoms with Gasteiger partial charge in [0.05, 0.1) is 29.1 Å². The first kappa shape index (κ1) is 25.8. The van der Waals surface area contributed by atoms with Gasteiger partial charge in [0.25, 0.3) is 5.91 Å². The molecule has 0 aromatic heterocycles. The zero-order chi connectivity index (χ0) is 27.8. The molecule has 9 heteroatoms. The van der Waals surface area contributed by atoms with Crippen molar-refractivity contribution in [1.82, 2.24) is 14.7 Å². The number of likely N-dealkylation sites (N-methyl/N-ethyl adjacent to an activating group) is 1. The van der Waals surface area contributed by atoms with E-state index in [0.29, 0.717) is 42.2 Å². The van der Waals surface area contributed by atoms with Gasteiger partial charge in [0.15, 0.2) is 0 Å². The summed E-state index contributed by atoms with van der Waals surface area (Å²) in [6, 6.07) is 20.3. The quantitative estimate of drug-likeness (QED) is 0.414. The van der Waals surface area contributed by atoms with Crippen LogP contribution in [0.4, 0.5) is 11.4 Å². The third kappa shape index (κ3) is 5.09. The average Bonchev–Trinajstić information content (AvgIpc) is 3.53. The highest BCUT2D eigenvalue weighted by Gasteiger charge is 2.30. The normalized spacial score (nSPS) is 18.2. The second kappa shape index (κ2) is 10.6. The van der Waals surface area contributed by atoms with E-state index in [1.54, 1.807) is 6.07 Å². The lowest BCUT2D eigenvalue weighted by molar-refractivity contribution is -0.133. The molecule has 0 saturated carbocycles. The minimum atomic E-state index is -1.05. The molecule has 3 aromatic carbocycles. The smallest absolute Gasteiger partial charge is 0.335 e.